The summed E-state index contributed by atoms with van der Waals surface area (Å²) >= 11 is 0. The van der Waals surface area contributed by atoms with Gasteiger partial charge in [-0.1, -0.05) is 164 Å². The van der Waals surface area contributed by atoms with E-state index in [4.69, 9.17) is 13.6 Å². The van der Waals surface area contributed by atoms with Crippen molar-refractivity contribution in [1.82, 2.24) is 9.13 Å². The molecule has 1 atom stereocenters. The first-order valence-electron chi connectivity index (χ1n) is 27.2. The number of fused-ring (bicyclic) bond motifs is 12. The summed E-state index contributed by atoms with van der Waals surface area (Å²) in [5, 5.41) is 6.83. The fourth-order valence-corrected chi connectivity index (χ4v) is 12.7. The Hall–Kier alpha value is -9.84. The van der Waals surface area contributed by atoms with E-state index in [0.29, 0.717) is 0 Å². The first-order chi connectivity index (χ1) is 38.6. The van der Waals surface area contributed by atoms with Crippen LogP contribution in [0.15, 0.2) is 245 Å². The topological polar surface area (TPSA) is 45.4 Å². The van der Waals surface area contributed by atoms with Crippen molar-refractivity contribution >= 4 is 89.5 Å². The van der Waals surface area contributed by atoms with Gasteiger partial charge in [-0.25, -0.2) is 0 Å². The molecule has 0 radical (unpaired) electrons. The molecule has 3 aliphatic rings. The van der Waals surface area contributed by atoms with Crippen molar-refractivity contribution in [3.05, 3.63) is 264 Å². The maximum absolute atomic E-state index is 6.99. The maximum atomic E-state index is 6.99. The summed E-state index contributed by atoms with van der Waals surface area (Å²) in [4.78, 5) is 0. The first-order valence-corrected chi connectivity index (χ1v) is 27.2. The molecular weight excluding hydrogens is 953 g/mol. The second-order valence-corrected chi connectivity index (χ2v) is 20.9. The van der Waals surface area contributed by atoms with E-state index in [0.717, 1.165) is 142 Å². The van der Waals surface area contributed by atoms with Gasteiger partial charge in [0.2, 0.25) is 0 Å². The lowest BCUT2D eigenvalue weighted by molar-refractivity contribution is 0.484. The average molecular weight is 1000 g/mol. The molecule has 0 amide bonds. The first kappa shape index (κ1) is 44.5. The second-order valence-electron chi connectivity index (χ2n) is 20.9. The van der Waals surface area contributed by atoms with Crippen LogP contribution in [-0.4, -0.2) is 9.13 Å². The molecule has 370 valence electrons. The van der Waals surface area contributed by atoms with Gasteiger partial charge >= 0.3 is 0 Å². The van der Waals surface area contributed by atoms with Crippen molar-refractivity contribution < 1.29 is 13.6 Å². The Labute approximate surface area is 450 Å². The molecule has 16 rings (SSSR count). The minimum absolute atomic E-state index is 0.181. The predicted octanol–water partition coefficient (Wildman–Crippen LogP) is 19.9. The normalized spacial score (nSPS) is 15.1. The van der Waals surface area contributed by atoms with Gasteiger partial charge in [0.05, 0.1) is 16.7 Å². The highest BCUT2D eigenvalue weighted by Gasteiger charge is 2.25. The van der Waals surface area contributed by atoms with E-state index in [1.165, 1.54) is 33.5 Å². The van der Waals surface area contributed by atoms with Crippen LogP contribution in [0.25, 0.3) is 123 Å². The van der Waals surface area contributed by atoms with Crippen molar-refractivity contribution in [2.45, 2.75) is 25.7 Å². The zero-order valence-corrected chi connectivity index (χ0v) is 42.7. The van der Waals surface area contributed by atoms with Crippen molar-refractivity contribution in [3.63, 3.8) is 0 Å². The van der Waals surface area contributed by atoms with Gasteiger partial charge in [-0.15, -0.1) is 0 Å². The summed E-state index contributed by atoms with van der Waals surface area (Å²) in [6, 6.07) is 71.4. The van der Waals surface area contributed by atoms with Gasteiger partial charge in [0, 0.05) is 77.6 Å². The molecule has 4 heterocycles. The molecule has 0 saturated carbocycles. The number of allylic oxidation sites excluding steroid dienone is 7. The fourth-order valence-electron chi connectivity index (χ4n) is 12.7. The van der Waals surface area contributed by atoms with Crippen LogP contribution in [0, 0.1) is 5.92 Å². The number of hydrogen-bond donors (Lipinski definition) is 0. The number of benzene rings is 9. The maximum Gasteiger partial charge on any atom is 0.143 e. The third-order valence-corrected chi connectivity index (χ3v) is 16.4. The zero-order valence-electron chi connectivity index (χ0n) is 42.7. The van der Waals surface area contributed by atoms with E-state index < -0.39 is 0 Å². The minimum Gasteiger partial charge on any atom is -0.457 e. The highest BCUT2D eigenvalue weighted by molar-refractivity contribution is 6.11. The summed E-state index contributed by atoms with van der Waals surface area (Å²) in [6.45, 7) is 0. The number of rotatable bonds is 8. The van der Waals surface area contributed by atoms with Gasteiger partial charge in [-0.3, -0.25) is 0 Å². The Morgan fingerprint density at radius 2 is 1.01 bits per heavy atom. The van der Waals surface area contributed by atoms with Crippen LogP contribution < -0.4 is 4.74 Å². The molecule has 0 fully saturated rings. The van der Waals surface area contributed by atoms with Crippen LogP contribution in [-0.2, 0) is 6.42 Å². The summed E-state index contributed by atoms with van der Waals surface area (Å²) < 4.78 is 24.8. The third-order valence-electron chi connectivity index (χ3n) is 16.4. The lowest BCUT2D eigenvalue weighted by atomic mass is 9.91. The van der Waals surface area contributed by atoms with Crippen LogP contribution in [0.1, 0.15) is 47.3 Å². The van der Waals surface area contributed by atoms with Crippen molar-refractivity contribution in [2.75, 3.05) is 0 Å². The van der Waals surface area contributed by atoms with Gasteiger partial charge in [-0.05, 0) is 138 Å². The molecule has 4 aromatic heterocycles. The Kier molecular flexibility index (Phi) is 10.2. The van der Waals surface area contributed by atoms with Crippen LogP contribution in [0.5, 0.6) is 11.5 Å². The van der Waals surface area contributed by atoms with Gasteiger partial charge < -0.3 is 22.7 Å². The lowest BCUT2D eigenvalue weighted by Crippen LogP contribution is -2.05. The molecule has 78 heavy (non-hydrogen) atoms. The molecule has 9 aromatic carbocycles. The van der Waals surface area contributed by atoms with Crippen LogP contribution in [0.4, 0.5) is 0 Å². The molecule has 0 bridgehead atoms. The quantitative estimate of drug-likeness (QED) is 0.152. The molecular formula is C73H50N2O3. The summed E-state index contributed by atoms with van der Waals surface area (Å²) in [5.41, 5.74) is 21.3. The van der Waals surface area contributed by atoms with Crippen molar-refractivity contribution in [1.29, 1.82) is 0 Å². The fraction of sp³-hybridized carbons (Fsp3) is 0.0685. The molecule has 0 spiro atoms. The number of nitrogens with zero attached hydrogens (tertiary/aromatic N) is 2. The molecule has 0 unspecified atom stereocenters. The predicted molar refractivity (Wildman–Crippen MR) is 323 cm³/mol. The standard InChI is InChI=1S/C73H50N2O3/c1-3-13-46(14-4-1)48-29-38-58-64-44-54(36-41-68(64)74(66(58)39-30-48)52-32-25-49(26-33-52)56-19-11-21-61-59-17-7-9-23-70(59)77-72(56)61)76-55-37-42-69-65(45-55)63-43-51(47-15-5-2-6-16-47)31-40-67(63)75(69)53-34-27-50(28-35-53)57-20-12-22-62-60-18-8-10-24-71(60)78-73(57)62/h2-3,5-30,32-39,41-45,48H,1,4,31,40H2/t48-/m0/s1. The van der Waals surface area contributed by atoms with Gasteiger partial charge in [-0.2, -0.15) is 0 Å². The molecule has 3 aliphatic carbocycles. The Morgan fingerprint density at radius 1 is 0.436 bits per heavy atom. The van der Waals surface area contributed by atoms with E-state index >= 15 is 0 Å². The molecule has 5 heteroatoms. The third kappa shape index (κ3) is 7.23. The van der Waals surface area contributed by atoms with Gasteiger partial charge in [0.1, 0.15) is 33.8 Å². The number of para-hydroxylation sites is 4. The summed E-state index contributed by atoms with van der Waals surface area (Å²) in [6.07, 6.45) is 22.8. The average Bonchev–Trinajstić information content (AvgIpc) is 4.29. The minimum atomic E-state index is 0.181. The molecule has 13 aromatic rings. The summed E-state index contributed by atoms with van der Waals surface area (Å²) in [5.74, 6) is 1.76. The van der Waals surface area contributed by atoms with Gasteiger partial charge in [0.15, 0.2) is 0 Å². The van der Waals surface area contributed by atoms with E-state index in [1.807, 2.05) is 24.3 Å². The zero-order chi connectivity index (χ0) is 51.3. The smallest absolute Gasteiger partial charge is 0.143 e. The largest absolute Gasteiger partial charge is 0.457 e. The Bertz CT molecular complexity index is 4740. The van der Waals surface area contributed by atoms with Crippen molar-refractivity contribution in [3.8, 4) is 45.1 Å². The highest BCUT2D eigenvalue weighted by Crippen LogP contribution is 2.44. The number of hydrogen-bond acceptors (Lipinski definition) is 3. The Morgan fingerprint density at radius 3 is 1.65 bits per heavy atom. The molecule has 0 N–H and O–H groups in total. The monoisotopic (exact) mass is 1000 g/mol. The van der Waals surface area contributed by atoms with Crippen LogP contribution in [0.3, 0.4) is 0 Å². The van der Waals surface area contributed by atoms with Crippen molar-refractivity contribution in [2.24, 2.45) is 5.92 Å². The molecule has 0 saturated heterocycles. The molecule has 0 aliphatic heterocycles. The highest BCUT2D eigenvalue weighted by atomic mass is 16.5. The second kappa shape index (κ2) is 17.9. The number of furan rings is 2. The Balaban J connectivity index is 0.783. The van der Waals surface area contributed by atoms with Crippen LogP contribution in [0.2, 0.25) is 0 Å². The summed E-state index contributed by atoms with van der Waals surface area (Å²) in [7, 11) is 0. The number of ether oxygens (including phenoxy) is 1. The SMILES string of the molecule is C1=CC([C@H]2C=Cc3c(n(-c4ccc(-c5cccc6c5oc5ccccc56)cc4)c4ccc(Oc5ccc6c(c5)c5c(n6-c6ccc(-c7cccc8c7oc7ccccc78)cc6)CCC(c6ccccc6)=C5)cc34)C=C2)=CCC1. The van der Waals surface area contributed by atoms with Gasteiger partial charge in [0.25, 0.3) is 0 Å². The van der Waals surface area contributed by atoms with E-state index in [9.17, 15) is 0 Å². The van der Waals surface area contributed by atoms with E-state index in [-0.39, 0.29) is 5.92 Å². The van der Waals surface area contributed by atoms with E-state index in [2.05, 4.69) is 234 Å². The van der Waals surface area contributed by atoms with Crippen LogP contribution >= 0.6 is 0 Å². The number of aromatic nitrogens is 2. The van der Waals surface area contributed by atoms with E-state index in [1.54, 1.807) is 0 Å². The molecule has 5 nitrogen and oxygen atoms in total. The lowest BCUT2D eigenvalue weighted by Gasteiger charge is -2.18.